The largest absolute Gasteiger partial charge is 0.302 e. The number of hydrogen-bond donors (Lipinski definition) is 2. The van der Waals surface area contributed by atoms with E-state index in [-0.39, 0.29) is 56.2 Å². The zero-order valence-corrected chi connectivity index (χ0v) is 21.9. The lowest BCUT2D eigenvalue weighted by molar-refractivity contribution is -0.125. The molecule has 2 saturated heterocycles. The van der Waals surface area contributed by atoms with Crippen molar-refractivity contribution in [1.82, 2.24) is 19.8 Å². The van der Waals surface area contributed by atoms with Crippen LogP contribution in [0.3, 0.4) is 0 Å². The van der Waals surface area contributed by atoms with Gasteiger partial charge in [-0.3, -0.25) is 29.0 Å². The van der Waals surface area contributed by atoms with Gasteiger partial charge in [-0.2, -0.15) is 0 Å². The van der Waals surface area contributed by atoms with Crippen LogP contribution in [0.15, 0.2) is 33.0 Å². The van der Waals surface area contributed by atoms with Crippen molar-refractivity contribution < 1.29 is 19.2 Å². The number of hydrogen-bond acceptors (Lipinski definition) is 12. The second-order valence-corrected chi connectivity index (χ2v) is 11.7. The fraction of sp³-hybridized carbons (Fsp3) is 0.222. The number of thioether (sulfide) groups is 2. The molecule has 34 heavy (non-hydrogen) atoms. The number of nitrogens with one attached hydrogen (secondary N) is 2. The number of thiocarbonyl (C=S) groups is 2. The number of amides is 4. The molecule has 2 aliphatic heterocycles. The number of nitrogens with zero attached hydrogens (tertiary/aromatic N) is 4. The van der Waals surface area contributed by atoms with Crippen molar-refractivity contribution in [3.05, 3.63) is 33.0 Å². The SMILES string of the molecule is O=C(CCN1C(=O)C(=C2SC(=S)N(CCC(=O)Nc3nccs3)C2=O)SC1=S)Nc1nccs1. The van der Waals surface area contributed by atoms with Gasteiger partial charge >= 0.3 is 0 Å². The van der Waals surface area contributed by atoms with Crippen LogP contribution >= 0.6 is 70.6 Å². The molecular formula is C18H14N6O4S6. The Morgan fingerprint density at radius 1 is 0.794 bits per heavy atom. The zero-order valence-electron chi connectivity index (χ0n) is 17.0. The first kappa shape index (κ1) is 24.9. The first-order valence-electron chi connectivity index (χ1n) is 9.54. The summed E-state index contributed by atoms with van der Waals surface area (Å²) in [6, 6.07) is 0. The molecule has 0 saturated carbocycles. The molecule has 10 nitrogen and oxygen atoms in total. The molecule has 0 aliphatic carbocycles. The molecule has 0 unspecified atom stereocenters. The molecule has 4 heterocycles. The number of anilines is 2. The Kier molecular flexibility index (Phi) is 8.05. The number of carbonyl (C=O) groups is 4. The molecule has 2 N–H and O–H groups in total. The predicted molar refractivity (Wildman–Crippen MR) is 142 cm³/mol. The molecule has 2 aromatic rings. The van der Waals surface area contributed by atoms with E-state index in [0.29, 0.717) is 10.3 Å². The first-order valence-corrected chi connectivity index (χ1v) is 13.7. The van der Waals surface area contributed by atoms with Gasteiger partial charge in [-0.15, -0.1) is 22.7 Å². The maximum atomic E-state index is 13.0. The van der Waals surface area contributed by atoms with E-state index in [1.165, 1.54) is 32.5 Å². The van der Waals surface area contributed by atoms with Crippen LogP contribution in [0, 0.1) is 0 Å². The number of carbonyl (C=O) groups excluding carboxylic acids is 4. The average molecular weight is 571 g/mol. The maximum absolute atomic E-state index is 13.0. The minimum absolute atomic E-state index is 0.0223. The van der Waals surface area contributed by atoms with Gasteiger partial charge in [-0.25, -0.2) is 9.97 Å². The standard InChI is InChI=1S/C18H14N6O4S6/c25-9(21-15-19-3-7-31-15)1-5-23-13(27)11(33-17(23)29)12-14(28)24(18(30)34-12)6-2-10(26)22-16-20-4-8-32-16/h3-4,7-8H,1-2,5-6H2,(H,19,21,25)(H,20,22,26). The highest BCUT2D eigenvalue weighted by atomic mass is 32.2. The molecule has 2 fully saturated rings. The zero-order chi connectivity index (χ0) is 24.2. The Balaban J connectivity index is 1.35. The lowest BCUT2D eigenvalue weighted by Gasteiger charge is -2.14. The molecule has 4 rings (SSSR count). The van der Waals surface area contributed by atoms with E-state index >= 15 is 0 Å². The summed E-state index contributed by atoms with van der Waals surface area (Å²) >= 11 is 15.2. The molecule has 0 atom stereocenters. The van der Waals surface area contributed by atoms with Gasteiger partial charge in [-0.05, 0) is 0 Å². The van der Waals surface area contributed by atoms with Crippen LogP contribution in [0.2, 0.25) is 0 Å². The summed E-state index contributed by atoms with van der Waals surface area (Å²) in [5, 5.41) is 9.71. The van der Waals surface area contributed by atoms with Crippen LogP contribution in [0.5, 0.6) is 0 Å². The molecule has 0 bridgehead atoms. The summed E-state index contributed by atoms with van der Waals surface area (Å²) in [4.78, 5) is 61.1. The highest BCUT2D eigenvalue weighted by Crippen LogP contribution is 2.42. The number of thiazole rings is 2. The van der Waals surface area contributed by atoms with Crippen molar-refractivity contribution in [3.8, 4) is 0 Å². The molecule has 16 heteroatoms. The second-order valence-electron chi connectivity index (χ2n) is 6.58. The van der Waals surface area contributed by atoms with Gasteiger partial charge in [0.15, 0.2) is 10.3 Å². The topological polar surface area (TPSA) is 125 Å². The highest BCUT2D eigenvalue weighted by molar-refractivity contribution is 8.29. The third kappa shape index (κ3) is 5.69. The second kappa shape index (κ2) is 11.0. The summed E-state index contributed by atoms with van der Waals surface area (Å²) in [6.45, 7) is 0.144. The van der Waals surface area contributed by atoms with E-state index in [9.17, 15) is 19.2 Å². The van der Waals surface area contributed by atoms with Crippen molar-refractivity contribution in [3.63, 3.8) is 0 Å². The van der Waals surface area contributed by atoms with Crippen LogP contribution in [-0.2, 0) is 19.2 Å². The Labute approximate surface area is 220 Å². The van der Waals surface area contributed by atoms with Crippen LogP contribution < -0.4 is 10.6 Å². The normalized spacial score (nSPS) is 18.2. The van der Waals surface area contributed by atoms with E-state index in [4.69, 9.17) is 24.4 Å². The highest BCUT2D eigenvalue weighted by Gasteiger charge is 2.42. The van der Waals surface area contributed by atoms with E-state index in [1.807, 2.05) is 0 Å². The molecular weight excluding hydrogens is 557 g/mol. The number of aromatic nitrogens is 2. The Hall–Kier alpha value is -2.24. The summed E-state index contributed by atoms with van der Waals surface area (Å²) < 4.78 is 0.519. The molecule has 0 radical (unpaired) electrons. The fourth-order valence-corrected chi connectivity index (χ4v) is 6.68. The van der Waals surface area contributed by atoms with Crippen LogP contribution in [0.4, 0.5) is 10.3 Å². The van der Waals surface area contributed by atoms with E-state index in [2.05, 4.69) is 20.6 Å². The van der Waals surface area contributed by atoms with E-state index in [1.54, 1.807) is 23.2 Å². The first-order chi connectivity index (χ1) is 16.3. The van der Waals surface area contributed by atoms with Crippen molar-refractivity contribution in [2.45, 2.75) is 12.8 Å². The van der Waals surface area contributed by atoms with Crippen molar-refractivity contribution in [2.24, 2.45) is 0 Å². The van der Waals surface area contributed by atoms with E-state index in [0.717, 1.165) is 23.5 Å². The smallest absolute Gasteiger partial charge is 0.267 e. The van der Waals surface area contributed by atoms with Gasteiger partial charge < -0.3 is 10.6 Å². The van der Waals surface area contributed by atoms with Crippen LogP contribution in [-0.4, -0.2) is 65.1 Å². The third-order valence-electron chi connectivity index (χ3n) is 4.39. The van der Waals surface area contributed by atoms with Gasteiger partial charge in [0, 0.05) is 49.1 Å². The predicted octanol–water partition coefficient (Wildman–Crippen LogP) is 2.89. The van der Waals surface area contributed by atoms with Crippen molar-refractivity contribution in [1.29, 1.82) is 0 Å². The van der Waals surface area contributed by atoms with Gasteiger partial charge in [0.2, 0.25) is 11.8 Å². The van der Waals surface area contributed by atoms with E-state index < -0.39 is 11.8 Å². The Bertz CT molecular complexity index is 1100. The van der Waals surface area contributed by atoms with Crippen LogP contribution in [0.25, 0.3) is 0 Å². The minimum Gasteiger partial charge on any atom is -0.302 e. The van der Waals surface area contributed by atoms with Crippen molar-refractivity contribution in [2.75, 3.05) is 23.7 Å². The summed E-state index contributed by atoms with van der Waals surface area (Å²) in [6.07, 6.45) is 3.20. The Morgan fingerprint density at radius 2 is 1.21 bits per heavy atom. The molecule has 4 amide bonds. The molecule has 0 aromatic carbocycles. The molecule has 2 aliphatic rings. The van der Waals surface area contributed by atoms with Gasteiger partial charge in [-0.1, -0.05) is 48.0 Å². The monoisotopic (exact) mass is 570 g/mol. The minimum atomic E-state index is -0.445. The van der Waals surface area contributed by atoms with Gasteiger partial charge in [0.25, 0.3) is 11.8 Å². The van der Waals surface area contributed by atoms with Gasteiger partial charge in [0.05, 0.1) is 9.81 Å². The molecule has 2 aromatic heterocycles. The molecule has 0 spiro atoms. The summed E-state index contributed by atoms with van der Waals surface area (Å²) in [7, 11) is 0. The lowest BCUT2D eigenvalue weighted by atomic mass is 10.3. The average Bonchev–Trinajstić information content (AvgIpc) is 3.57. The Morgan fingerprint density at radius 3 is 1.56 bits per heavy atom. The third-order valence-corrected chi connectivity index (χ3v) is 8.79. The fourth-order valence-electron chi connectivity index (χ4n) is 2.82. The summed E-state index contributed by atoms with van der Waals surface area (Å²) in [5.74, 6) is -1.49. The van der Waals surface area contributed by atoms with Crippen molar-refractivity contribution >= 4 is 113 Å². The van der Waals surface area contributed by atoms with Gasteiger partial charge in [0.1, 0.15) is 8.64 Å². The maximum Gasteiger partial charge on any atom is 0.267 e. The van der Waals surface area contributed by atoms with Crippen LogP contribution in [0.1, 0.15) is 12.8 Å². The number of rotatable bonds is 8. The quantitative estimate of drug-likeness (QED) is 0.362. The lowest BCUT2D eigenvalue weighted by Crippen LogP contribution is -2.33. The molecule has 176 valence electrons. The summed E-state index contributed by atoms with van der Waals surface area (Å²) in [5.41, 5.74) is 0.